The molecule has 0 unspecified atom stereocenters. The lowest BCUT2D eigenvalue weighted by Gasteiger charge is -2.12. The predicted octanol–water partition coefficient (Wildman–Crippen LogP) is 3.85. The van der Waals surface area contributed by atoms with Crippen molar-refractivity contribution in [2.45, 2.75) is 19.4 Å². The molecule has 0 N–H and O–H groups in total. The summed E-state index contributed by atoms with van der Waals surface area (Å²) in [4.78, 5) is 4.82. The summed E-state index contributed by atoms with van der Waals surface area (Å²) in [6.07, 6.45) is 6.45. The Balaban J connectivity index is 1.70. The summed E-state index contributed by atoms with van der Waals surface area (Å²) in [7, 11) is 0. The fourth-order valence-corrected chi connectivity index (χ4v) is 2.97. The minimum Gasteiger partial charge on any atom is -0.324 e. The van der Waals surface area contributed by atoms with E-state index < -0.39 is 0 Å². The van der Waals surface area contributed by atoms with Gasteiger partial charge >= 0.3 is 0 Å². The first-order valence-corrected chi connectivity index (χ1v) is 7.10. The van der Waals surface area contributed by atoms with Crippen LogP contribution in [-0.2, 0) is 19.4 Å². The lowest BCUT2D eigenvalue weighted by Crippen LogP contribution is -2.06. The molecular formula is C18H16N2. The quantitative estimate of drug-likeness (QED) is 0.699. The maximum atomic E-state index is 4.82. The van der Waals surface area contributed by atoms with Crippen LogP contribution < -0.4 is 0 Å². The van der Waals surface area contributed by atoms with E-state index in [2.05, 4.69) is 65.3 Å². The molecule has 2 heteroatoms. The first-order chi connectivity index (χ1) is 9.92. The van der Waals surface area contributed by atoms with Gasteiger partial charge in [-0.05, 0) is 18.1 Å². The largest absolute Gasteiger partial charge is 0.324 e. The normalized spacial score (nSPS) is 13.0. The van der Waals surface area contributed by atoms with Gasteiger partial charge in [-0.3, -0.25) is 0 Å². The Bertz CT molecular complexity index is 782. The third-order valence-electron chi connectivity index (χ3n) is 3.94. The molecule has 0 fully saturated rings. The minimum absolute atomic E-state index is 0.942. The van der Waals surface area contributed by atoms with Crippen LogP contribution in [0.3, 0.4) is 0 Å². The average Bonchev–Trinajstić information content (AvgIpc) is 2.87. The van der Waals surface area contributed by atoms with Gasteiger partial charge in [0.15, 0.2) is 0 Å². The van der Waals surface area contributed by atoms with Crippen molar-refractivity contribution in [1.29, 1.82) is 0 Å². The van der Waals surface area contributed by atoms with Gasteiger partial charge in [0.25, 0.3) is 0 Å². The first-order valence-electron chi connectivity index (χ1n) is 7.10. The van der Waals surface area contributed by atoms with Gasteiger partial charge in [-0.1, -0.05) is 54.6 Å². The second-order valence-corrected chi connectivity index (χ2v) is 5.24. The predicted molar refractivity (Wildman–Crippen MR) is 82.6 cm³/mol. The summed E-state index contributed by atoms with van der Waals surface area (Å²) in [6, 6.07) is 17.0. The van der Waals surface area contributed by atoms with E-state index in [4.69, 9.17) is 4.98 Å². The van der Waals surface area contributed by atoms with E-state index in [9.17, 15) is 0 Å². The van der Waals surface area contributed by atoms with Gasteiger partial charge in [0.05, 0.1) is 11.0 Å². The molecule has 1 aliphatic heterocycles. The SMILES string of the molecule is C1=Cc2cccc3nc(CCc4ccccc4)n(c23)C1. The van der Waals surface area contributed by atoms with E-state index in [0.29, 0.717) is 0 Å². The Morgan fingerprint density at radius 3 is 2.75 bits per heavy atom. The maximum Gasteiger partial charge on any atom is 0.110 e. The molecule has 0 saturated heterocycles. The number of hydrogen-bond acceptors (Lipinski definition) is 1. The number of hydrogen-bond donors (Lipinski definition) is 0. The molecule has 20 heavy (non-hydrogen) atoms. The fraction of sp³-hybridized carbons (Fsp3) is 0.167. The van der Waals surface area contributed by atoms with Gasteiger partial charge in [0.2, 0.25) is 0 Å². The van der Waals surface area contributed by atoms with E-state index in [0.717, 1.165) is 24.9 Å². The highest BCUT2D eigenvalue weighted by Crippen LogP contribution is 2.25. The summed E-state index contributed by atoms with van der Waals surface area (Å²) in [5.74, 6) is 1.20. The van der Waals surface area contributed by atoms with Crippen LogP contribution in [0.5, 0.6) is 0 Å². The molecule has 2 aromatic carbocycles. The van der Waals surface area contributed by atoms with Crippen molar-refractivity contribution in [2.75, 3.05) is 0 Å². The van der Waals surface area contributed by atoms with Crippen molar-refractivity contribution in [2.24, 2.45) is 0 Å². The molecule has 1 aromatic heterocycles. The zero-order valence-corrected chi connectivity index (χ0v) is 11.3. The Morgan fingerprint density at radius 1 is 0.950 bits per heavy atom. The Labute approximate surface area is 118 Å². The van der Waals surface area contributed by atoms with Crippen LogP contribution >= 0.6 is 0 Å². The van der Waals surface area contributed by atoms with Crippen LogP contribution in [-0.4, -0.2) is 9.55 Å². The van der Waals surface area contributed by atoms with E-state index in [1.54, 1.807) is 0 Å². The summed E-state index contributed by atoms with van der Waals surface area (Å²) in [6.45, 7) is 0.942. The van der Waals surface area contributed by atoms with E-state index >= 15 is 0 Å². The van der Waals surface area contributed by atoms with Gasteiger partial charge in [-0.2, -0.15) is 0 Å². The number of nitrogens with zero attached hydrogens (tertiary/aromatic N) is 2. The van der Waals surface area contributed by atoms with Crippen LogP contribution in [0.15, 0.2) is 54.6 Å². The third-order valence-corrected chi connectivity index (χ3v) is 3.94. The number of rotatable bonds is 3. The van der Waals surface area contributed by atoms with Gasteiger partial charge in [0, 0.05) is 18.5 Å². The van der Waals surface area contributed by atoms with Gasteiger partial charge in [-0.15, -0.1) is 0 Å². The Kier molecular flexibility index (Phi) is 2.66. The monoisotopic (exact) mass is 260 g/mol. The average molecular weight is 260 g/mol. The molecule has 0 spiro atoms. The molecule has 0 aliphatic carbocycles. The molecule has 2 heterocycles. The highest BCUT2D eigenvalue weighted by atomic mass is 15.1. The summed E-state index contributed by atoms with van der Waals surface area (Å²) >= 11 is 0. The summed E-state index contributed by atoms with van der Waals surface area (Å²) in [5, 5.41) is 0. The van der Waals surface area contributed by atoms with E-state index in [-0.39, 0.29) is 0 Å². The molecule has 2 nitrogen and oxygen atoms in total. The van der Waals surface area contributed by atoms with Crippen molar-refractivity contribution < 1.29 is 0 Å². The number of benzene rings is 2. The molecule has 4 rings (SSSR count). The van der Waals surface area contributed by atoms with Gasteiger partial charge in [-0.25, -0.2) is 4.98 Å². The summed E-state index contributed by atoms with van der Waals surface area (Å²) in [5.41, 5.74) is 5.07. The van der Waals surface area contributed by atoms with Crippen LogP contribution in [0, 0.1) is 0 Å². The topological polar surface area (TPSA) is 17.8 Å². The van der Waals surface area contributed by atoms with Crippen LogP contribution in [0.2, 0.25) is 0 Å². The standard InChI is InChI=1S/C18H16N2/c1-2-6-14(7-3-1)11-12-17-19-16-10-4-8-15-9-5-13-20(17)18(15)16/h1-10H,11-13H2. The smallest absolute Gasteiger partial charge is 0.110 e. The number of imidazole rings is 1. The molecular weight excluding hydrogens is 244 g/mol. The van der Waals surface area contributed by atoms with Crippen molar-refractivity contribution in [3.63, 3.8) is 0 Å². The lowest BCUT2D eigenvalue weighted by molar-refractivity contribution is 0.740. The lowest BCUT2D eigenvalue weighted by atomic mass is 10.1. The second kappa shape index (κ2) is 4.64. The van der Waals surface area contributed by atoms with Gasteiger partial charge < -0.3 is 4.57 Å². The highest BCUT2D eigenvalue weighted by Gasteiger charge is 2.14. The number of aromatic nitrogens is 2. The molecule has 0 bridgehead atoms. The Morgan fingerprint density at radius 2 is 1.85 bits per heavy atom. The van der Waals surface area contributed by atoms with Gasteiger partial charge in [0.1, 0.15) is 5.82 Å². The molecule has 0 amide bonds. The van der Waals surface area contributed by atoms with Crippen molar-refractivity contribution >= 4 is 17.1 Å². The maximum absolute atomic E-state index is 4.82. The molecule has 3 aromatic rings. The number of allylic oxidation sites excluding steroid dienone is 1. The first kappa shape index (κ1) is 11.5. The van der Waals surface area contributed by atoms with Crippen LogP contribution in [0.1, 0.15) is 17.0 Å². The number of aryl methyl sites for hydroxylation is 2. The second-order valence-electron chi connectivity index (χ2n) is 5.24. The van der Waals surface area contributed by atoms with E-state index in [1.165, 1.54) is 22.5 Å². The van der Waals surface area contributed by atoms with Crippen molar-refractivity contribution in [1.82, 2.24) is 9.55 Å². The van der Waals surface area contributed by atoms with E-state index in [1.807, 2.05) is 0 Å². The van der Waals surface area contributed by atoms with Crippen molar-refractivity contribution in [3.8, 4) is 0 Å². The molecule has 1 aliphatic rings. The molecule has 98 valence electrons. The van der Waals surface area contributed by atoms with Crippen molar-refractivity contribution in [3.05, 3.63) is 71.6 Å². The van der Waals surface area contributed by atoms with Crippen LogP contribution in [0.25, 0.3) is 17.1 Å². The third kappa shape index (κ3) is 1.85. The molecule has 0 atom stereocenters. The fourth-order valence-electron chi connectivity index (χ4n) is 2.97. The minimum atomic E-state index is 0.942. The molecule has 0 saturated carbocycles. The Hall–Kier alpha value is -2.35. The summed E-state index contributed by atoms with van der Waals surface area (Å²) < 4.78 is 2.35. The molecule has 0 radical (unpaired) electrons. The zero-order valence-electron chi connectivity index (χ0n) is 11.3. The van der Waals surface area contributed by atoms with Crippen LogP contribution in [0.4, 0.5) is 0 Å². The highest BCUT2D eigenvalue weighted by molar-refractivity contribution is 5.87. The number of para-hydroxylation sites is 1. The zero-order chi connectivity index (χ0) is 13.4.